The van der Waals surface area contributed by atoms with Crippen LogP contribution in [0.15, 0.2) is 4.52 Å². The van der Waals surface area contributed by atoms with Crippen LogP contribution in [0.2, 0.25) is 0 Å². The lowest BCUT2D eigenvalue weighted by molar-refractivity contribution is 0.108. The van der Waals surface area contributed by atoms with Gasteiger partial charge in [0, 0.05) is 19.6 Å². The van der Waals surface area contributed by atoms with Gasteiger partial charge < -0.3 is 14.7 Å². The van der Waals surface area contributed by atoms with Crippen molar-refractivity contribution in [3.8, 4) is 0 Å². The molecule has 3 heterocycles. The van der Waals surface area contributed by atoms with Crippen LogP contribution >= 0.6 is 0 Å². The first-order valence-electron chi connectivity index (χ1n) is 7.06. The highest BCUT2D eigenvalue weighted by Gasteiger charge is 2.37. The quantitative estimate of drug-likeness (QED) is 0.844. The van der Waals surface area contributed by atoms with E-state index in [4.69, 9.17) is 4.52 Å². The predicted molar refractivity (Wildman–Crippen MR) is 71.8 cm³/mol. The van der Waals surface area contributed by atoms with E-state index in [1.807, 2.05) is 0 Å². The first kappa shape index (κ1) is 13.0. The SMILES string of the molecule is CN1CCN(C)C(c2noc(C3(C)CCCN3)n2)C1. The maximum Gasteiger partial charge on any atom is 0.246 e. The molecule has 0 spiro atoms. The fourth-order valence-electron chi connectivity index (χ4n) is 2.96. The van der Waals surface area contributed by atoms with Gasteiger partial charge in [0.2, 0.25) is 5.89 Å². The zero-order valence-electron chi connectivity index (χ0n) is 12.0. The van der Waals surface area contributed by atoms with Gasteiger partial charge in [0.15, 0.2) is 5.82 Å². The molecule has 1 aromatic rings. The summed E-state index contributed by atoms with van der Waals surface area (Å²) in [5.41, 5.74) is -0.135. The largest absolute Gasteiger partial charge is 0.337 e. The zero-order chi connectivity index (χ0) is 13.5. The van der Waals surface area contributed by atoms with Gasteiger partial charge in [-0.3, -0.25) is 4.90 Å². The lowest BCUT2D eigenvalue weighted by Gasteiger charge is -2.35. The molecular formula is C13H23N5O. The summed E-state index contributed by atoms with van der Waals surface area (Å²) < 4.78 is 5.52. The summed E-state index contributed by atoms with van der Waals surface area (Å²) in [6.07, 6.45) is 2.23. The Bertz CT molecular complexity index is 440. The third-order valence-corrected chi connectivity index (χ3v) is 4.43. The van der Waals surface area contributed by atoms with E-state index in [1.165, 1.54) is 6.42 Å². The number of hydrogen-bond acceptors (Lipinski definition) is 6. The van der Waals surface area contributed by atoms with E-state index < -0.39 is 0 Å². The van der Waals surface area contributed by atoms with Crippen molar-refractivity contribution in [1.82, 2.24) is 25.3 Å². The summed E-state index contributed by atoms with van der Waals surface area (Å²) >= 11 is 0. The number of piperazine rings is 1. The van der Waals surface area contributed by atoms with E-state index in [0.717, 1.165) is 44.3 Å². The van der Waals surface area contributed by atoms with Crippen LogP contribution in [0.3, 0.4) is 0 Å². The van der Waals surface area contributed by atoms with Crippen LogP contribution in [0.25, 0.3) is 0 Å². The number of hydrogen-bond donors (Lipinski definition) is 1. The fourth-order valence-corrected chi connectivity index (χ4v) is 2.96. The number of aromatic nitrogens is 2. The fraction of sp³-hybridized carbons (Fsp3) is 0.846. The molecule has 1 aromatic heterocycles. The third kappa shape index (κ3) is 2.40. The summed E-state index contributed by atoms with van der Waals surface area (Å²) in [5, 5.41) is 7.69. The normalized spacial score (nSPS) is 33.9. The molecule has 2 fully saturated rings. The van der Waals surface area contributed by atoms with Crippen LogP contribution in [0.1, 0.15) is 37.5 Å². The van der Waals surface area contributed by atoms with E-state index in [-0.39, 0.29) is 11.6 Å². The van der Waals surface area contributed by atoms with Gasteiger partial charge in [-0.1, -0.05) is 5.16 Å². The summed E-state index contributed by atoms with van der Waals surface area (Å²) in [4.78, 5) is 9.28. The Labute approximate surface area is 114 Å². The molecule has 2 aliphatic rings. The van der Waals surface area contributed by atoms with Crippen LogP contribution in [-0.4, -0.2) is 60.2 Å². The maximum atomic E-state index is 5.52. The van der Waals surface area contributed by atoms with Crippen LogP contribution in [-0.2, 0) is 5.54 Å². The van der Waals surface area contributed by atoms with Crippen molar-refractivity contribution >= 4 is 0 Å². The zero-order valence-corrected chi connectivity index (χ0v) is 12.0. The Balaban J connectivity index is 1.80. The molecule has 0 bridgehead atoms. The second-order valence-electron chi connectivity index (χ2n) is 6.08. The molecule has 1 N–H and O–H groups in total. The molecule has 0 radical (unpaired) electrons. The average Bonchev–Trinajstić information content (AvgIpc) is 3.02. The Morgan fingerprint density at radius 2 is 2.21 bits per heavy atom. The first-order chi connectivity index (χ1) is 9.08. The molecule has 19 heavy (non-hydrogen) atoms. The van der Waals surface area contributed by atoms with Crippen molar-refractivity contribution in [1.29, 1.82) is 0 Å². The Hall–Kier alpha value is -0.980. The topological polar surface area (TPSA) is 57.4 Å². The molecule has 2 unspecified atom stereocenters. The van der Waals surface area contributed by atoms with Gasteiger partial charge in [-0.25, -0.2) is 0 Å². The first-order valence-corrected chi connectivity index (χ1v) is 7.06. The van der Waals surface area contributed by atoms with Gasteiger partial charge in [-0.05, 0) is 40.4 Å². The smallest absolute Gasteiger partial charge is 0.246 e. The van der Waals surface area contributed by atoms with Crippen LogP contribution in [0.5, 0.6) is 0 Å². The monoisotopic (exact) mass is 265 g/mol. The van der Waals surface area contributed by atoms with E-state index in [1.54, 1.807) is 0 Å². The number of nitrogens with one attached hydrogen (secondary N) is 1. The number of rotatable bonds is 2. The number of likely N-dealkylation sites (N-methyl/N-ethyl adjacent to an activating group) is 2. The predicted octanol–water partition coefficient (Wildman–Crippen LogP) is 0.587. The molecule has 2 atom stereocenters. The Morgan fingerprint density at radius 1 is 1.37 bits per heavy atom. The summed E-state index contributed by atoms with van der Waals surface area (Å²) in [7, 11) is 4.27. The molecule has 6 nitrogen and oxygen atoms in total. The molecule has 6 heteroatoms. The molecule has 2 saturated heterocycles. The standard InChI is InChI=1S/C13H23N5O/c1-13(5-4-6-14-13)12-15-11(16-19-12)10-9-17(2)7-8-18(10)3/h10,14H,4-9H2,1-3H3. The maximum absolute atomic E-state index is 5.52. The van der Waals surface area contributed by atoms with E-state index >= 15 is 0 Å². The minimum absolute atomic E-state index is 0.135. The van der Waals surface area contributed by atoms with Crippen molar-refractivity contribution in [3.05, 3.63) is 11.7 Å². The summed E-state index contributed by atoms with van der Waals surface area (Å²) in [6.45, 7) is 6.27. The molecule has 0 aromatic carbocycles. The van der Waals surface area contributed by atoms with E-state index in [9.17, 15) is 0 Å². The number of nitrogens with zero attached hydrogens (tertiary/aromatic N) is 4. The molecule has 0 amide bonds. The molecule has 106 valence electrons. The van der Waals surface area contributed by atoms with Gasteiger partial charge >= 0.3 is 0 Å². The van der Waals surface area contributed by atoms with Gasteiger partial charge in [-0.2, -0.15) is 4.98 Å². The van der Waals surface area contributed by atoms with E-state index in [2.05, 4.69) is 46.3 Å². The highest BCUT2D eigenvalue weighted by molar-refractivity contribution is 5.07. The van der Waals surface area contributed by atoms with Crippen LogP contribution in [0, 0.1) is 0 Å². The Kier molecular flexibility index (Phi) is 3.32. The van der Waals surface area contributed by atoms with Crippen LogP contribution < -0.4 is 5.32 Å². The van der Waals surface area contributed by atoms with Gasteiger partial charge in [0.05, 0.1) is 11.6 Å². The second-order valence-corrected chi connectivity index (χ2v) is 6.08. The summed E-state index contributed by atoms with van der Waals surface area (Å²) in [5.74, 6) is 1.56. The second kappa shape index (κ2) is 4.85. The molecule has 0 saturated carbocycles. The lowest BCUT2D eigenvalue weighted by atomic mass is 10.0. The van der Waals surface area contributed by atoms with E-state index in [0.29, 0.717) is 0 Å². The minimum atomic E-state index is -0.135. The highest BCUT2D eigenvalue weighted by Crippen LogP contribution is 2.30. The molecule has 3 rings (SSSR count). The third-order valence-electron chi connectivity index (χ3n) is 4.43. The average molecular weight is 265 g/mol. The van der Waals surface area contributed by atoms with Crippen molar-refractivity contribution in [3.63, 3.8) is 0 Å². The highest BCUT2D eigenvalue weighted by atomic mass is 16.5. The lowest BCUT2D eigenvalue weighted by Crippen LogP contribution is -2.45. The molecule has 2 aliphatic heterocycles. The van der Waals surface area contributed by atoms with Gasteiger partial charge in [-0.15, -0.1) is 0 Å². The van der Waals surface area contributed by atoms with Crippen molar-refractivity contribution < 1.29 is 4.52 Å². The van der Waals surface area contributed by atoms with Crippen molar-refractivity contribution in [2.45, 2.75) is 31.3 Å². The Morgan fingerprint density at radius 3 is 2.95 bits per heavy atom. The van der Waals surface area contributed by atoms with Crippen molar-refractivity contribution in [2.24, 2.45) is 0 Å². The van der Waals surface area contributed by atoms with Crippen LogP contribution in [0.4, 0.5) is 0 Å². The minimum Gasteiger partial charge on any atom is -0.337 e. The molecule has 0 aliphatic carbocycles. The van der Waals surface area contributed by atoms with Crippen molar-refractivity contribution in [2.75, 3.05) is 40.3 Å². The van der Waals surface area contributed by atoms with Gasteiger partial charge in [0.1, 0.15) is 0 Å². The van der Waals surface area contributed by atoms with Gasteiger partial charge in [0.25, 0.3) is 0 Å². The summed E-state index contributed by atoms with van der Waals surface area (Å²) in [6, 6.07) is 0.237. The molecular weight excluding hydrogens is 242 g/mol.